The number of benzene rings is 2. The van der Waals surface area contributed by atoms with Crippen LogP contribution in [0.1, 0.15) is 15.9 Å². The van der Waals surface area contributed by atoms with Crippen molar-refractivity contribution in [2.24, 2.45) is 0 Å². The summed E-state index contributed by atoms with van der Waals surface area (Å²) in [7, 11) is 3.04. The molecule has 0 unspecified atom stereocenters. The number of ether oxygens (including phenoxy) is 4. The number of methoxy groups -OCH3 is 2. The first kappa shape index (κ1) is 24.1. The van der Waals surface area contributed by atoms with Crippen LogP contribution in [0.2, 0.25) is 0 Å². The number of fused-ring (bicyclic) bond motifs is 1. The molecule has 0 aromatic heterocycles. The van der Waals surface area contributed by atoms with E-state index in [1.165, 1.54) is 32.4 Å². The van der Waals surface area contributed by atoms with Crippen molar-refractivity contribution < 1.29 is 43.2 Å². The van der Waals surface area contributed by atoms with Crippen LogP contribution >= 0.6 is 0 Å². The van der Waals surface area contributed by atoms with E-state index in [4.69, 9.17) is 24.1 Å². The molecule has 2 aromatic rings. The van der Waals surface area contributed by atoms with Gasteiger partial charge in [-0.15, -0.1) is 0 Å². The molecule has 1 heterocycles. The number of nitrogens with one attached hydrogen (secondary N) is 2. The lowest BCUT2D eigenvalue weighted by Gasteiger charge is -2.08. The van der Waals surface area contributed by atoms with E-state index in [1.54, 1.807) is 24.3 Å². The summed E-state index contributed by atoms with van der Waals surface area (Å²) in [6.45, 7) is -1.33. The van der Waals surface area contributed by atoms with Crippen LogP contribution in [0.5, 0.6) is 23.0 Å². The monoisotopic (exact) mass is 470 g/mol. The minimum absolute atomic E-state index is 0.0869. The summed E-state index contributed by atoms with van der Waals surface area (Å²) in [5.74, 6) is -1.00. The van der Waals surface area contributed by atoms with Crippen LogP contribution in [-0.2, 0) is 14.4 Å². The van der Waals surface area contributed by atoms with E-state index in [-0.39, 0.29) is 29.6 Å². The van der Waals surface area contributed by atoms with Gasteiger partial charge in [0.15, 0.2) is 12.4 Å². The number of allylic oxidation sites excluding steroid dienone is 1. The number of aliphatic carboxylic acids is 1. The summed E-state index contributed by atoms with van der Waals surface area (Å²) >= 11 is 0. The summed E-state index contributed by atoms with van der Waals surface area (Å²) in [5.41, 5.74) is 0.929. The second-order valence-corrected chi connectivity index (χ2v) is 6.94. The maximum Gasteiger partial charge on any atom is 0.322 e. The van der Waals surface area contributed by atoms with Crippen molar-refractivity contribution in [2.75, 3.05) is 33.9 Å². The zero-order valence-corrected chi connectivity index (χ0v) is 18.4. The number of carboxylic acid groups (broad SMARTS) is 1. The highest BCUT2D eigenvalue weighted by Gasteiger charge is 2.28. The Morgan fingerprint density at radius 3 is 2.41 bits per heavy atom. The fraction of sp³-hybridized carbons (Fsp3) is 0.217. The van der Waals surface area contributed by atoms with E-state index in [1.807, 2.05) is 0 Å². The Balaban J connectivity index is 1.61. The van der Waals surface area contributed by atoms with Crippen LogP contribution in [-0.4, -0.2) is 62.6 Å². The van der Waals surface area contributed by atoms with Crippen molar-refractivity contribution >= 4 is 29.6 Å². The average Bonchev–Trinajstić information content (AvgIpc) is 3.14. The Bertz CT molecular complexity index is 1160. The molecule has 0 atom stereocenters. The third-order valence-corrected chi connectivity index (χ3v) is 4.62. The topological polar surface area (TPSA) is 149 Å². The highest BCUT2D eigenvalue weighted by atomic mass is 16.5. The lowest BCUT2D eigenvalue weighted by molar-refractivity contribution is -0.137. The molecule has 1 aliphatic heterocycles. The number of hydrogen-bond donors (Lipinski definition) is 3. The highest BCUT2D eigenvalue weighted by Crippen LogP contribution is 2.36. The summed E-state index contributed by atoms with van der Waals surface area (Å²) < 4.78 is 21.6. The largest absolute Gasteiger partial charge is 0.497 e. The maximum absolute atomic E-state index is 12.7. The van der Waals surface area contributed by atoms with E-state index in [2.05, 4.69) is 10.6 Å². The van der Waals surface area contributed by atoms with E-state index >= 15 is 0 Å². The van der Waals surface area contributed by atoms with Gasteiger partial charge in [0.05, 0.1) is 26.3 Å². The van der Waals surface area contributed by atoms with Gasteiger partial charge in [-0.1, -0.05) is 0 Å². The van der Waals surface area contributed by atoms with Gasteiger partial charge < -0.3 is 34.7 Å². The van der Waals surface area contributed by atoms with Gasteiger partial charge in [0, 0.05) is 11.6 Å². The molecule has 2 amide bonds. The Hall–Kier alpha value is -4.54. The van der Waals surface area contributed by atoms with Crippen molar-refractivity contribution in [1.82, 2.24) is 10.6 Å². The molecular formula is C23H22N2O9. The molecule has 0 aliphatic carbocycles. The lowest BCUT2D eigenvalue weighted by atomic mass is 10.1. The summed E-state index contributed by atoms with van der Waals surface area (Å²) in [5, 5.41) is 12.9. The van der Waals surface area contributed by atoms with Crippen molar-refractivity contribution in [2.45, 2.75) is 0 Å². The predicted octanol–water partition coefficient (Wildman–Crippen LogP) is 1.02. The predicted molar refractivity (Wildman–Crippen MR) is 118 cm³/mol. The second kappa shape index (κ2) is 10.9. The molecule has 11 heteroatoms. The number of carbonyl (C=O) groups excluding carboxylic acids is 3. The Morgan fingerprint density at radius 2 is 1.71 bits per heavy atom. The first-order chi connectivity index (χ1) is 16.3. The average molecular weight is 470 g/mol. The first-order valence-corrected chi connectivity index (χ1v) is 9.99. The van der Waals surface area contributed by atoms with Gasteiger partial charge in [-0.25, -0.2) is 0 Å². The van der Waals surface area contributed by atoms with Gasteiger partial charge in [0.2, 0.25) is 11.7 Å². The molecule has 0 fully saturated rings. The molecule has 0 bridgehead atoms. The van der Waals surface area contributed by atoms with Crippen LogP contribution in [0.4, 0.5) is 0 Å². The lowest BCUT2D eigenvalue weighted by Crippen LogP contribution is -2.40. The molecule has 0 radical (unpaired) electrons. The Morgan fingerprint density at radius 1 is 0.971 bits per heavy atom. The van der Waals surface area contributed by atoms with E-state index in [0.29, 0.717) is 22.6 Å². The number of ketones is 1. The number of carboxylic acids is 1. The Labute approximate surface area is 194 Å². The highest BCUT2D eigenvalue weighted by molar-refractivity contribution is 6.14. The summed E-state index contributed by atoms with van der Waals surface area (Å²) in [4.78, 5) is 46.4. The summed E-state index contributed by atoms with van der Waals surface area (Å²) in [6, 6.07) is 9.67. The van der Waals surface area contributed by atoms with E-state index < -0.39 is 30.9 Å². The number of amides is 2. The third kappa shape index (κ3) is 6.03. The number of rotatable bonds is 10. The molecule has 0 saturated heterocycles. The molecular weight excluding hydrogens is 448 g/mol. The molecule has 178 valence electrons. The van der Waals surface area contributed by atoms with Gasteiger partial charge >= 0.3 is 5.97 Å². The third-order valence-electron chi connectivity index (χ3n) is 4.62. The van der Waals surface area contributed by atoms with Crippen LogP contribution < -0.4 is 29.6 Å². The van der Waals surface area contributed by atoms with Crippen molar-refractivity contribution in [3.05, 3.63) is 53.3 Å². The standard InChI is InChI=1S/C23H22N2O9/c1-31-14-4-6-17(32-2)13(7-14)8-19-23(30)16-5-3-15(9-18(16)34-19)33-12-21(27)24-10-20(26)25-11-22(28)29/h3-9H,10-12H2,1-2H3,(H,24,27)(H,25,26)(H,28,29). The van der Waals surface area contributed by atoms with Gasteiger partial charge in [0.25, 0.3) is 5.91 Å². The molecule has 34 heavy (non-hydrogen) atoms. The molecule has 3 rings (SSSR count). The molecule has 0 saturated carbocycles. The first-order valence-electron chi connectivity index (χ1n) is 9.99. The minimum Gasteiger partial charge on any atom is -0.497 e. The quantitative estimate of drug-likeness (QED) is 0.433. The molecule has 3 N–H and O–H groups in total. The second-order valence-electron chi connectivity index (χ2n) is 6.94. The number of carbonyl (C=O) groups is 4. The Kier molecular flexibility index (Phi) is 7.70. The van der Waals surface area contributed by atoms with Crippen LogP contribution in [0.3, 0.4) is 0 Å². The van der Waals surface area contributed by atoms with Gasteiger partial charge in [-0.05, 0) is 36.4 Å². The van der Waals surface area contributed by atoms with Crippen molar-refractivity contribution in [3.63, 3.8) is 0 Å². The van der Waals surface area contributed by atoms with Gasteiger partial charge in [0.1, 0.15) is 29.5 Å². The zero-order chi connectivity index (χ0) is 24.7. The molecule has 0 spiro atoms. The fourth-order valence-corrected chi connectivity index (χ4v) is 2.97. The maximum atomic E-state index is 12.7. The van der Waals surface area contributed by atoms with Crippen LogP contribution in [0.15, 0.2) is 42.2 Å². The van der Waals surface area contributed by atoms with Gasteiger partial charge in [-0.2, -0.15) is 0 Å². The minimum atomic E-state index is -1.19. The SMILES string of the molecule is COc1ccc(OC)c(C=C2Oc3cc(OCC(=O)NCC(=O)NCC(=O)O)ccc3C2=O)c1. The van der Waals surface area contributed by atoms with Crippen molar-refractivity contribution in [3.8, 4) is 23.0 Å². The van der Waals surface area contributed by atoms with E-state index in [9.17, 15) is 19.2 Å². The molecule has 1 aliphatic rings. The number of hydrogen-bond acceptors (Lipinski definition) is 8. The normalized spacial score (nSPS) is 13.0. The molecule has 11 nitrogen and oxygen atoms in total. The van der Waals surface area contributed by atoms with Crippen molar-refractivity contribution in [1.29, 1.82) is 0 Å². The van der Waals surface area contributed by atoms with Crippen LogP contribution in [0.25, 0.3) is 6.08 Å². The van der Waals surface area contributed by atoms with E-state index in [0.717, 1.165) is 0 Å². The number of Topliss-reactive ketones (excluding diaryl/α,β-unsaturated/α-hetero) is 1. The zero-order valence-electron chi connectivity index (χ0n) is 18.4. The molecule has 2 aromatic carbocycles. The van der Waals surface area contributed by atoms with Gasteiger partial charge in [-0.3, -0.25) is 19.2 Å². The summed E-state index contributed by atoms with van der Waals surface area (Å²) in [6.07, 6.45) is 1.55. The fourth-order valence-electron chi connectivity index (χ4n) is 2.97. The smallest absolute Gasteiger partial charge is 0.322 e. The van der Waals surface area contributed by atoms with Crippen LogP contribution in [0, 0.1) is 0 Å².